The predicted molar refractivity (Wildman–Crippen MR) is 82.4 cm³/mol. The molecule has 0 aliphatic carbocycles. The molecule has 0 bridgehead atoms. The van der Waals surface area contributed by atoms with Gasteiger partial charge in [0.25, 0.3) is 5.91 Å². The summed E-state index contributed by atoms with van der Waals surface area (Å²) in [6.45, 7) is 5.42. The second-order valence-electron chi connectivity index (χ2n) is 4.93. The first-order valence-electron chi connectivity index (χ1n) is 7.03. The van der Waals surface area contributed by atoms with Crippen LogP contribution in [0.25, 0.3) is 0 Å². The van der Waals surface area contributed by atoms with Gasteiger partial charge in [-0.3, -0.25) is 14.5 Å². The monoisotopic (exact) mass is 287 g/mol. The van der Waals surface area contributed by atoms with Gasteiger partial charge < -0.3 is 10.6 Å². The first-order chi connectivity index (χ1) is 10.1. The average Bonchev–Trinajstić information content (AvgIpc) is 2.81. The minimum Gasteiger partial charge on any atom is -0.387 e. The number of nitrogens with zero attached hydrogens (tertiary/aromatic N) is 3. The molecule has 2 N–H and O–H groups in total. The maximum Gasteiger partial charge on any atom is 0.254 e. The summed E-state index contributed by atoms with van der Waals surface area (Å²) < 4.78 is 1.96. The lowest BCUT2D eigenvalue weighted by molar-refractivity contribution is 0.0953. The number of anilines is 1. The molecule has 2 heterocycles. The first kappa shape index (κ1) is 15.0. The van der Waals surface area contributed by atoms with Crippen molar-refractivity contribution >= 4 is 11.6 Å². The zero-order chi connectivity index (χ0) is 15.2. The summed E-state index contributed by atoms with van der Waals surface area (Å²) in [4.78, 5) is 16.1. The van der Waals surface area contributed by atoms with Crippen LogP contribution in [-0.4, -0.2) is 34.3 Å². The SMILES string of the molecule is CNc1ccncc1C(=O)NCCCn1nc(C)cc1C. The lowest BCUT2D eigenvalue weighted by atomic mass is 10.2. The fourth-order valence-corrected chi connectivity index (χ4v) is 2.22. The molecule has 0 fully saturated rings. The molecule has 2 aromatic heterocycles. The fraction of sp³-hybridized carbons (Fsp3) is 0.400. The molecule has 6 nitrogen and oxygen atoms in total. The molecule has 2 rings (SSSR count). The van der Waals surface area contributed by atoms with Crippen molar-refractivity contribution < 1.29 is 4.79 Å². The summed E-state index contributed by atoms with van der Waals surface area (Å²) in [6, 6.07) is 3.83. The number of aromatic nitrogens is 3. The molecule has 0 saturated carbocycles. The molecule has 0 radical (unpaired) electrons. The molecule has 1 amide bonds. The van der Waals surface area contributed by atoms with Crippen LogP contribution >= 0.6 is 0 Å². The number of rotatable bonds is 6. The lowest BCUT2D eigenvalue weighted by Crippen LogP contribution is -2.26. The van der Waals surface area contributed by atoms with E-state index < -0.39 is 0 Å². The Kier molecular flexibility index (Phi) is 4.92. The molecular weight excluding hydrogens is 266 g/mol. The Morgan fingerprint density at radius 2 is 2.19 bits per heavy atom. The maximum absolute atomic E-state index is 12.1. The number of pyridine rings is 1. The van der Waals surface area contributed by atoms with E-state index in [-0.39, 0.29) is 5.91 Å². The van der Waals surface area contributed by atoms with Crippen LogP contribution in [0.3, 0.4) is 0 Å². The largest absolute Gasteiger partial charge is 0.387 e. The topological polar surface area (TPSA) is 71.8 Å². The number of carbonyl (C=O) groups excluding carboxylic acids is 1. The van der Waals surface area contributed by atoms with Crippen molar-refractivity contribution in [3.63, 3.8) is 0 Å². The highest BCUT2D eigenvalue weighted by molar-refractivity contribution is 5.99. The van der Waals surface area contributed by atoms with Gasteiger partial charge in [-0.1, -0.05) is 0 Å². The van der Waals surface area contributed by atoms with Gasteiger partial charge in [-0.05, 0) is 32.4 Å². The molecule has 112 valence electrons. The molecule has 0 aliphatic rings. The van der Waals surface area contributed by atoms with Crippen LogP contribution in [0.15, 0.2) is 24.5 Å². The Hall–Kier alpha value is -2.37. The van der Waals surface area contributed by atoms with E-state index in [2.05, 4.69) is 20.7 Å². The standard InChI is InChI=1S/C15H21N5O/c1-11-9-12(2)20(19-11)8-4-6-18-15(21)13-10-17-7-5-14(13)16-3/h5,7,9-10H,4,6,8H2,1-3H3,(H,16,17)(H,18,21). The van der Waals surface area contributed by atoms with Crippen LogP contribution in [0.4, 0.5) is 5.69 Å². The highest BCUT2D eigenvalue weighted by Gasteiger charge is 2.09. The zero-order valence-corrected chi connectivity index (χ0v) is 12.7. The van der Waals surface area contributed by atoms with Crippen LogP contribution in [-0.2, 0) is 6.54 Å². The molecule has 0 unspecified atom stereocenters. The number of amides is 1. The van der Waals surface area contributed by atoms with Gasteiger partial charge >= 0.3 is 0 Å². The normalized spacial score (nSPS) is 10.4. The maximum atomic E-state index is 12.1. The van der Waals surface area contributed by atoms with E-state index in [0.717, 1.165) is 30.0 Å². The third-order valence-electron chi connectivity index (χ3n) is 3.27. The van der Waals surface area contributed by atoms with Crippen LogP contribution in [0.2, 0.25) is 0 Å². The van der Waals surface area contributed by atoms with E-state index in [1.165, 1.54) is 0 Å². The summed E-state index contributed by atoms with van der Waals surface area (Å²) in [5, 5.41) is 10.3. The Morgan fingerprint density at radius 3 is 2.86 bits per heavy atom. The molecular formula is C15H21N5O. The quantitative estimate of drug-likeness (QED) is 0.794. The van der Waals surface area contributed by atoms with Crippen LogP contribution in [0, 0.1) is 13.8 Å². The van der Waals surface area contributed by atoms with Gasteiger partial charge in [0.1, 0.15) is 0 Å². The highest BCUT2D eigenvalue weighted by Crippen LogP contribution is 2.12. The second kappa shape index (κ2) is 6.88. The Bertz CT molecular complexity index is 620. The third kappa shape index (κ3) is 3.81. The Morgan fingerprint density at radius 1 is 1.38 bits per heavy atom. The van der Waals surface area contributed by atoms with Crippen molar-refractivity contribution in [2.45, 2.75) is 26.8 Å². The minimum atomic E-state index is -0.110. The average molecular weight is 287 g/mol. The first-order valence-corrected chi connectivity index (χ1v) is 7.03. The minimum absolute atomic E-state index is 0.110. The summed E-state index contributed by atoms with van der Waals surface area (Å²) in [7, 11) is 1.79. The number of nitrogens with one attached hydrogen (secondary N) is 2. The van der Waals surface area contributed by atoms with Gasteiger partial charge in [0, 0.05) is 43.9 Å². The van der Waals surface area contributed by atoms with Crippen molar-refractivity contribution in [1.82, 2.24) is 20.1 Å². The summed E-state index contributed by atoms with van der Waals surface area (Å²) in [6.07, 6.45) is 4.07. The van der Waals surface area contributed by atoms with Gasteiger partial charge in [-0.2, -0.15) is 5.10 Å². The van der Waals surface area contributed by atoms with Crippen molar-refractivity contribution in [3.05, 3.63) is 41.5 Å². The van der Waals surface area contributed by atoms with Crippen LogP contribution < -0.4 is 10.6 Å². The van der Waals surface area contributed by atoms with E-state index >= 15 is 0 Å². The molecule has 0 aliphatic heterocycles. The number of aryl methyl sites for hydroxylation is 3. The molecule has 0 saturated heterocycles. The van der Waals surface area contributed by atoms with Crippen LogP contribution in [0.5, 0.6) is 0 Å². The van der Waals surface area contributed by atoms with E-state index in [0.29, 0.717) is 12.1 Å². The number of carbonyl (C=O) groups is 1. The predicted octanol–water partition coefficient (Wildman–Crippen LogP) is 1.76. The van der Waals surface area contributed by atoms with Gasteiger partial charge in [-0.25, -0.2) is 0 Å². The van der Waals surface area contributed by atoms with E-state index in [4.69, 9.17) is 0 Å². The van der Waals surface area contributed by atoms with Gasteiger partial charge in [-0.15, -0.1) is 0 Å². The van der Waals surface area contributed by atoms with Crippen LogP contribution in [0.1, 0.15) is 28.2 Å². The number of hydrogen-bond donors (Lipinski definition) is 2. The molecule has 0 spiro atoms. The van der Waals surface area contributed by atoms with Gasteiger partial charge in [0.2, 0.25) is 0 Å². The van der Waals surface area contributed by atoms with Crippen molar-refractivity contribution in [2.24, 2.45) is 0 Å². The fourth-order valence-electron chi connectivity index (χ4n) is 2.22. The lowest BCUT2D eigenvalue weighted by Gasteiger charge is -2.09. The van der Waals surface area contributed by atoms with Gasteiger partial charge in [0.05, 0.1) is 11.3 Å². The second-order valence-corrected chi connectivity index (χ2v) is 4.93. The molecule has 21 heavy (non-hydrogen) atoms. The van der Waals surface area contributed by atoms with E-state index in [1.807, 2.05) is 24.6 Å². The molecule has 2 aromatic rings. The van der Waals surface area contributed by atoms with Gasteiger partial charge in [0.15, 0.2) is 0 Å². The summed E-state index contributed by atoms with van der Waals surface area (Å²) >= 11 is 0. The van der Waals surface area contributed by atoms with E-state index in [1.54, 1.807) is 25.5 Å². The Balaban J connectivity index is 1.83. The summed E-state index contributed by atoms with van der Waals surface area (Å²) in [5.41, 5.74) is 3.50. The third-order valence-corrected chi connectivity index (χ3v) is 3.27. The van der Waals surface area contributed by atoms with E-state index in [9.17, 15) is 4.79 Å². The molecule has 0 atom stereocenters. The number of hydrogen-bond acceptors (Lipinski definition) is 4. The van der Waals surface area contributed by atoms with Crippen molar-refractivity contribution in [2.75, 3.05) is 18.9 Å². The zero-order valence-electron chi connectivity index (χ0n) is 12.7. The highest BCUT2D eigenvalue weighted by atomic mass is 16.1. The molecule has 0 aromatic carbocycles. The summed E-state index contributed by atoms with van der Waals surface area (Å²) in [5.74, 6) is -0.110. The Labute approximate surface area is 124 Å². The smallest absolute Gasteiger partial charge is 0.254 e. The van der Waals surface area contributed by atoms with Crippen molar-refractivity contribution in [1.29, 1.82) is 0 Å². The molecule has 6 heteroatoms. The van der Waals surface area contributed by atoms with Crippen molar-refractivity contribution in [3.8, 4) is 0 Å².